The predicted molar refractivity (Wildman–Crippen MR) is 61.5 cm³/mol. The molecule has 1 heterocycles. The molecule has 0 spiro atoms. The van der Waals surface area contributed by atoms with Crippen molar-refractivity contribution in [1.82, 2.24) is 9.13 Å². The first-order valence-corrected chi connectivity index (χ1v) is 5.45. The zero-order chi connectivity index (χ0) is 14.5. The van der Waals surface area contributed by atoms with E-state index in [9.17, 15) is 18.0 Å². The molecule has 1 N–H and O–H groups in total. The van der Waals surface area contributed by atoms with Crippen molar-refractivity contribution in [3.05, 3.63) is 35.5 Å². The van der Waals surface area contributed by atoms with E-state index in [4.69, 9.17) is 5.11 Å². The van der Waals surface area contributed by atoms with E-state index in [2.05, 4.69) is 18.7 Å². The van der Waals surface area contributed by atoms with Crippen LogP contribution in [0.25, 0.3) is 0 Å². The standard InChI is InChI=1S/C5H5F3O2.C5H8N2.CH3.Pd/c1-3(9)2-4(10)5(6,7)8;1-6-3-4-7(2)5-6;;/h2,10H,1H3;3-4H,1-2H3;1H3;/q;;-1;/b4-2-;;;. The van der Waals surface area contributed by atoms with Crippen LogP contribution in [0, 0.1) is 11.3 Å². The van der Waals surface area contributed by atoms with Gasteiger partial charge in [-0.3, -0.25) is 4.79 Å². The number of aliphatic hydroxyl groups excluding tert-OH is 1. The van der Waals surface area contributed by atoms with Gasteiger partial charge in [-0.25, -0.2) is 0 Å². The van der Waals surface area contributed by atoms with Crippen molar-refractivity contribution in [3.8, 4) is 0 Å². The van der Waals surface area contributed by atoms with E-state index in [1.54, 1.807) is 0 Å². The number of alkyl halides is 3. The normalized spacial score (nSPS) is 11.3. The van der Waals surface area contributed by atoms with E-state index < -0.39 is 17.7 Å². The number of hydrogen-bond donors (Lipinski definition) is 1. The van der Waals surface area contributed by atoms with E-state index in [0.29, 0.717) is 0 Å². The van der Waals surface area contributed by atoms with Crippen molar-refractivity contribution in [2.75, 3.05) is 0 Å². The molecular weight excluding hydrogens is 356 g/mol. The fourth-order valence-corrected chi connectivity index (χ4v) is 1.07. The van der Waals surface area contributed by atoms with Gasteiger partial charge in [0.25, 0.3) is 0 Å². The molecule has 114 valence electrons. The van der Waals surface area contributed by atoms with Crippen LogP contribution in [-0.4, -0.2) is 26.2 Å². The molecule has 0 aromatic carbocycles. The first-order chi connectivity index (χ1) is 8.05. The summed E-state index contributed by atoms with van der Waals surface area (Å²) in [5.41, 5.74) is 0. The summed E-state index contributed by atoms with van der Waals surface area (Å²) in [6, 6.07) is 0. The van der Waals surface area contributed by atoms with Gasteiger partial charge in [0.05, 0.1) is 0 Å². The Morgan fingerprint density at radius 3 is 1.79 bits per heavy atom. The maximum atomic E-state index is 11.3. The molecule has 0 aliphatic heterocycles. The summed E-state index contributed by atoms with van der Waals surface area (Å²) < 4.78 is 39.2. The summed E-state index contributed by atoms with van der Waals surface area (Å²) in [5.74, 6) is -2.70. The maximum absolute atomic E-state index is 11.3. The van der Waals surface area contributed by atoms with Gasteiger partial charge in [0.2, 0.25) is 5.76 Å². The molecule has 8 heteroatoms. The number of hydrogen-bond acceptors (Lipinski definition) is 2. The molecule has 4 nitrogen and oxygen atoms in total. The van der Waals surface area contributed by atoms with E-state index in [-0.39, 0.29) is 13.5 Å². The zero-order valence-electron chi connectivity index (χ0n) is 10.9. The number of nitrogens with zero attached hydrogens (tertiary/aromatic N) is 2. The fourth-order valence-electron chi connectivity index (χ4n) is 0.837. The molecule has 19 heavy (non-hydrogen) atoms. The summed E-state index contributed by atoms with van der Waals surface area (Å²) in [4.78, 5) is 9.96. The van der Waals surface area contributed by atoms with E-state index >= 15 is 0 Å². The monoisotopic (exact) mass is 371 g/mol. The van der Waals surface area contributed by atoms with Gasteiger partial charge in [-0.1, -0.05) is 0 Å². The maximum Gasteiger partial charge on any atom is -0.358 e. The number of aryl methyl sites for hydroxylation is 2. The number of rotatable bonds is 1. The van der Waals surface area contributed by atoms with Gasteiger partial charge in [-0.2, -0.15) is 13.2 Å². The number of imidazole rings is 1. The van der Waals surface area contributed by atoms with Crippen LogP contribution in [0.4, 0.5) is 13.2 Å². The smallest absolute Gasteiger partial charge is 0.358 e. The van der Waals surface area contributed by atoms with E-state index in [0.717, 1.165) is 10.8 Å². The Hall–Kier alpha value is -1.13. The number of carbonyl (C=O) groups is 1. The first-order valence-electron chi connectivity index (χ1n) is 4.67. The molecule has 0 saturated heterocycles. The fraction of sp³-hybridized carbons (Fsp3) is 0.364. The summed E-state index contributed by atoms with van der Waals surface area (Å²) >= 11 is 3.12. The molecule has 0 bridgehead atoms. The van der Waals surface area contributed by atoms with Crippen LogP contribution in [0.1, 0.15) is 6.92 Å². The summed E-state index contributed by atoms with van der Waals surface area (Å²) in [7, 11) is 4.00. The second-order valence-electron chi connectivity index (χ2n) is 3.40. The molecule has 0 atom stereocenters. The average molecular weight is 372 g/mol. The van der Waals surface area contributed by atoms with Crippen LogP contribution in [0.3, 0.4) is 0 Å². The largest absolute Gasteiger partial charge is 0.358 e. The van der Waals surface area contributed by atoms with Gasteiger partial charge >= 0.3 is 64.4 Å². The van der Waals surface area contributed by atoms with Crippen molar-refractivity contribution in [1.29, 1.82) is 0 Å². The third kappa shape index (κ3) is 7.80. The molecule has 0 aliphatic carbocycles. The topological polar surface area (TPSA) is 47.2 Å². The third-order valence-electron chi connectivity index (χ3n) is 1.68. The minimum absolute atomic E-state index is 0. The Balaban J connectivity index is 0. The summed E-state index contributed by atoms with van der Waals surface area (Å²) in [6.45, 7) is 0.919. The molecule has 0 aliphatic rings. The summed E-state index contributed by atoms with van der Waals surface area (Å²) in [6.07, 6.45) is -0.690. The van der Waals surface area contributed by atoms with Gasteiger partial charge < -0.3 is 12.5 Å². The van der Waals surface area contributed by atoms with Crippen molar-refractivity contribution in [2.45, 2.75) is 13.1 Å². The number of aliphatic hydroxyl groups is 1. The molecule has 0 amide bonds. The second-order valence-corrected chi connectivity index (χ2v) is 4.09. The van der Waals surface area contributed by atoms with Crippen LogP contribution >= 0.6 is 0 Å². The zero-order valence-corrected chi connectivity index (χ0v) is 12.5. The number of allylic oxidation sites excluding steroid dienone is 2. The van der Waals surface area contributed by atoms with Crippen LogP contribution in [-0.2, 0) is 37.6 Å². The predicted octanol–water partition coefficient (Wildman–Crippen LogP) is 2.47. The Morgan fingerprint density at radius 2 is 1.68 bits per heavy atom. The number of carbonyl (C=O) groups excluding carboxylic acids is 1. The number of ketones is 1. The molecule has 0 unspecified atom stereocenters. The van der Waals surface area contributed by atoms with Crippen LogP contribution < -0.4 is 0 Å². The summed E-state index contributed by atoms with van der Waals surface area (Å²) in [5, 5.41) is 8.07. The Kier molecular flexibility index (Phi) is 8.64. The van der Waals surface area contributed by atoms with Crippen LogP contribution in [0.15, 0.2) is 24.2 Å². The van der Waals surface area contributed by atoms with E-state index in [1.165, 1.54) is 0 Å². The van der Waals surface area contributed by atoms with Crippen LogP contribution in [0.2, 0.25) is 0 Å². The minimum Gasteiger partial charge on any atom is -0.358 e. The van der Waals surface area contributed by atoms with Crippen molar-refractivity contribution < 1.29 is 41.8 Å². The molecule has 1 aromatic heterocycles. The molecule has 0 radical (unpaired) electrons. The Labute approximate surface area is 120 Å². The Bertz CT molecular complexity index is 478. The van der Waals surface area contributed by atoms with Gasteiger partial charge in [-0.15, -0.1) is 0 Å². The number of halogens is 3. The molecule has 0 saturated carbocycles. The van der Waals surface area contributed by atoms with Gasteiger partial charge in [0.15, 0.2) is 5.78 Å². The molecule has 0 fully saturated rings. The van der Waals surface area contributed by atoms with Gasteiger partial charge in [0.1, 0.15) is 0 Å². The SMILES string of the molecule is CC(=O)/C=C(\O)C(F)(F)F.Cn1ccn(C)[c]1=[Pd].[CH3-]. The van der Waals surface area contributed by atoms with E-state index in [1.807, 2.05) is 35.6 Å². The van der Waals surface area contributed by atoms with Gasteiger partial charge in [0, 0.05) is 6.08 Å². The minimum atomic E-state index is -4.81. The number of aromatic nitrogens is 2. The third-order valence-corrected chi connectivity index (χ3v) is 2.78. The average Bonchev–Trinajstić information content (AvgIpc) is 2.48. The van der Waals surface area contributed by atoms with Crippen molar-refractivity contribution in [2.24, 2.45) is 14.1 Å². The first kappa shape index (κ1) is 20.2. The Morgan fingerprint density at radius 1 is 1.32 bits per heavy atom. The quantitative estimate of drug-likeness (QED) is 0.357. The molecular formula is C11H16F3N2O2Pd-. The second kappa shape index (κ2) is 8.13. The molecule has 1 aromatic rings. The van der Waals surface area contributed by atoms with Crippen molar-refractivity contribution >= 4 is 5.78 Å². The molecule has 1 rings (SSSR count). The van der Waals surface area contributed by atoms with Crippen LogP contribution in [0.5, 0.6) is 0 Å². The van der Waals surface area contributed by atoms with Gasteiger partial charge in [-0.05, 0) is 6.92 Å². The van der Waals surface area contributed by atoms with Crippen molar-refractivity contribution in [3.63, 3.8) is 0 Å².